The van der Waals surface area contributed by atoms with Gasteiger partial charge in [-0.05, 0) is 37.1 Å². The molecule has 0 spiro atoms. The number of aliphatic imine (C=N–C) groups is 1. The van der Waals surface area contributed by atoms with E-state index in [-0.39, 0.29) is 18.2 Å². The lowest BCUT2D eigenvalue weighted by molar-refractivity contribution is -0.127. The summed E-state index contributed by atoms with van der Waals surface area (Å²) in [5, 5.41) is 3.59. The third kappa shape index (κ3) is 4.35. The zero-order chi connectivity index (χ0) is 20.4. The number of hydrogen-bond acceptors (Lipinski definition) is 4. The summed E-state index contributed by atoms with van der Waals surface area (Å²) in [6.45, 7) is 3.87. The lowest BCUT2D eigenvalue weighted by Gasteiger charge is -2.12. The fourth-order valence-electron chi connectivity index (χ4n) is 2.85. The Hall–Kier alpha value is -2.02. The quantitative estimate of drug-likeness (QED) is 0.717. The molecule has 146 valence electrons. The van der Waals surface area contributed by atoms with Gasteiger partial charge in [-0.1, -0.05) is 59.2 Å². The first-order valence-corrected chi connectivity index (χ1v) is 10.2. The van der Waals surface area contributed by atoms with Gasteiger partial charge in [0.2, 0.25) is 11.8 Å². The van der Waals surface area contributed by atoms with Crippen LogP contribution in [0.5, 0.6) is 0 Å². The molecular weight excluding hydrogens is 417 g/mol. The molecule has 1 fully saturated rings. The van der Waals surface area contributed by atoms with Crippen LogP contribution in [0.15, 0.2) is 41.4 Å². The van der Waals surface area contributed by atoms with Gasteiger partial charge in [0.25, 0.3) is 0 Å². The zero-order valence-electron chi connectivity index (χ0n) is 15.6. The molecule has 0 bridgehead atoms. The Balaban J connectivity index is 1.74. The molecule has 0 radical (unpaired) electrons. The highest BCUT2D eigenvalue weighted by Gasteiger charge is 2.37. The average molecular weight is 436 g/mol. The number of halogens is 2. The molecule has 28 heavy (non-hydrogen) atoms. The Morgan fingerprint density at radius 1 is 1.18 bits per heavy atom. The van der Waals surface area contributed by atoms with Crippen LogP contribution >= 0.6 is 35.0 Å². The number of amidine groups is 1. The molecule has 1 heterocycles. The number of hydrogen-bond donors (Lipinski definition) is 1. The van der Waals surface area contributed by atoms with Gasteiger partial charge in [0.05, 0.1) is 15.7 Å². The third-order valence-corrected chi connectivity index (χ3v) is 6.44. The standard InChI is InChI=1S/C20H19Cl2N3O2S/c1-11-6-4-7-12(2)18(11)24-16(26)10-15-19(27)25(3)20(28-15)23-14-9-5-8-13(21)17(14)22/h4-9,15H,10H2,1-3H3,(H,24,26)/t15-/m0/s1. The predicted molar refractivity (Wildman–Crippen MR) is 117 cm³/mol. The molecule has 5 nitrogen and oxygen atoms in total. The Bertz CT molecular complexity index is 958. The summed E-state index contributed by atoms with van der Waals surface area (Å²) in [6, 6.07) is 10.9. The van der Waals surface area contributed by atoms with Gasteiger partial charge in [-0.25, -0.2) is 4.99 Å². The van der Waals surface area contributed by atoms with E-state index >= 15 is 0 Å². The van der Waals surface area contributed by atoms with E-state index in [2.05, 4.69) is 10.3 Å². The Morgan fingerprint density at radius 3 is 2.50 bits per heavy atom. The Kier molecular flexibility index (Phi) is 6.33. The Labute approximate surface area is 178 Å². The van der Waals surface area contributed by atoms with Crippen molar-refractivity contribution in [3.05, 3.63) is 57.6 Å². The zero-order valence-corrected chi connectivity index (χ0v) is 18.0. The maximum Gasteiger partial charge on any atom is 0.242 e. The normalized spacial score (nSPS) is 18.0. The highest BCUT2D eigenvalue weighted by atomic mass is 35.5. The fraction of sp³-hybridized carbons (Fsp3) is 0.250. The van der Waals surface area contributed by atoms with Crippen LogP contribution in [-0.2, 0) is 9.59 Å². The molecule has 1 saturated heterocycles. The maximum atomic E-state index is 12.6. The van der Waals surface area contributed by atoms with E-state index in [0.29, 0.717) is 20.9 Å². The molecule has 1 aliphatic rings. The van der Waals surface area contributed by atoms with E-state index < -0.39 is 5.25 Å². The summed E-state index contributed by atoms with van der Waals surface area (Å²) in [5.41, 5.74) is 3.23. The number of carbonyl (C=O) groups is 2. The minimum absolute atomic E-state index is 0.0594. The van der Waals surface area contributed by atoms with Crippen molar-refractivity contribution in [2.45, 2.75) is 25.5 Å². The smallest absolute Gasteiger partial charge is 0.242 e. The molecule has 2 aromatic carbocycles. The summed E-state index contributed by atoms with van der Waals surface area (Å²) in [7, 11) is 1.63. The molecule has 0 aromatic heterocycles. The number of nitrogens with zero attached hydrogens (tertiary/aromatic N) is 2. The van der Waals surface area contributed by atoms with Crippen molar-refractivity contribution in [2.24, 2.45) is 4.99 Å². The van der Waals surface area contributed by atoms with Crippen LogP contribution in [-0.4, -0.2) is 34.2 Å². The van der Waals surface area contributed by atoms with Gasteiger partial charge >= 0.3 is 0 Å². The monoisotopic (exact) mass is 435 g/mol. The molecule has 2 aromatic rings. The highest BCUT2D eigenvalue weighted by molar-refractivity contribution is 8.15. The van der Waals surface area contributed by atoms with Gasteiger partial charge in [0.15, 0.2) is 5.17 Å². The summed E-state index contributed by atoms with van der Waals surface area (Å²) in [6.07, 6.45) is 0.0594. The summed E-state index contributed by atoms with van der Waals surface area (Å²) in [4.78, 5) is 31.0. The number of benzene rings is 2. The van der Waals surface area contributed by atoms with Crippen molar-refractivity contribution in [3.8, 4) is 0 Å². The third-order valence-electron chi connectivity index (χ3n) is 4.40. The second-order valence-electron chi connectivity index (χ2n) is 6.49. The van der Waals surface area contributed by atoms with Crippen molar-refractivity contribution >= 4 is 63.3 Å². The first-order chi connectivity index (χ1) is 13.3. The first-order valence-electron chi connectivity index (χ1n) is 8.61. The largest absolute Gasteiger partial charge is 0.326 e. The molecule has 0 unspecified atom stereocenters. The molecular formula is C20H19Cl2N3O2S. The number of para-hydroxylation sites is 1. The van der Waals surface area contributed by atoms with E-state index in [4.69, 9.17) is 23.2 Å². The van der Waals surface area contributed by atoms with Crippen LogP contribution in [0, 0.1) is 13.8 Å². The second kappa shape index (κ2) is 8.55. The minimum Gasteiger partial charge on any atom is -0.326 e. The van der Waals surface area contributed by atoms with E-state index in [9.17, 15) is 9.59 Å². The SMILES string of the molecule is Cc1cccc(C)c1NC(=O)C[C@@H]1SC(=Nc2cccc(Cl)c2Cl)N(C)C1=O. The van der Waals surface area contributed by atoms with Gasteiger partial charge in [0.1, 0.15) is 5.25 Å². The van der Waals surface area contributed by atoms with Crippen molar-refractivity contribution in [1.82, 2.24) is 4.90 Å². The van der Waals surface area contributed by atoms with Crippen LogP contribution in [0.4, 0.5) is 11.4 Å². The van der Waals surface area contributed by atoms with E-state index in [1.165, 1.54) is 16.7 Å². The number of amides is 2. The van der Waals surface area contributed by atoms with Gasteiger partial charge < -0.3 is 5.32 Å². The molecule has 1 aliphatic heterocycles. The van der Waals surface area contributed by atoms with Gasteiger partial charge in [-0.15, -0.1) is 0 Å². The predicted octanol–water partition coefficient (Wildman–Crippen LogP) is 5.20. The van der Waals surface area contributed by atoms with Crippen molar-refractivity contribution in [3.63, 3.8) is 0 Å². The van der Waals surface area contributed by atoms with E-state index in [1.54, 1.807) is 25.2 Å². The number of rotatable bonds is 4. The van der Waals surface area contributed by atoms with Crippen molar-refractivity contribution in [1.29, 1.82) is 0 Å². The summed E-state index contributed by atoms with van der Waals surface area (Å²) >= 11 is 13.5. The maximum absolute atomic E-state index is 12.6. The van der Waals surface area contributed by atoms with E-state index in [0.717, 1.165) is 16.8 Å². The lowest BCUT2D eigenvalue weighted by Crippen LogP contribution is -2.30. The van der Waals surface area contributed by atoms with Gasteiger partial charge in [0, 0.05) is 19.2 Å². The van der Waals surface area contributed by atoms with Crippen molar-refractivity contribution in [2.75, 3.05) is 12.4 Å². The van der Waals surface area contributed by atoms with Crippen molar-refractivity contribution < 1.29 is 9.59 Å². The molecule has 1 N–H and O–H groups in total. The van der Waals surface area contributed by atoms with Crippen LogP contribution in [0.25, 0.3) is 0 Å². The number of anilines is 1. The van der Waals surface area contributed by atoms with Gasteiger partial charge in [-0.3, -0.25) is 14.5 Å². The molecule has 0 aliphatic carbocycles. The second-order valence-corrected chi connectivity index (χ2v) is 8.45. The molecule has 8 heteroatoms. The molecule has 1 atom stereocenters. The first kappa shape index (κ1) is 20.7. The number of thioether (sulfide) groups is 1. The Morgan fingerprint density at radius 2 is 1.82 bits per heavy atom. The number of carbonyl (C=O) groups excluding carboxylic acids is 2. The van der Waals surface area contributed by atoms with Crippen LogP contribution in [0.1, 0.15) is 17.5 Å². The topological polar surface area (TPSA) is 61.8 Å². The van der Waals surface area contributed by atoms with Gasteiger partial charge in [-0.2, -0.15) is 0 Å². The lowest BCUT2D eigenvalue weighted by atomic mass is 10.1. The van der Waals surface area contributed by atoms with Crippen LogP contribution in [0.3, 0.4) is 0 Å². The van der Waals surface area contributed by atoms with Crippen LogP contribution < -0.4 is 5.32 Å². The molecule has 2 amide bonds. The number of nitrogens with one attached hydrogen (secondary N) is 1. The summed E-state index contributed by atoms with van der Waals surface area (Å²) < 4.78 is 0. The van der Waals surface area contributed by atoms with Crippen LogP contribution in [0.2, 0.25) is 10.0 Å². The minimum atomic E-state index is -0.536. The molecule has 0 saturated carbocycles. The molecule has 3 rings (SSSR count). The number of aryl methyl sites for hydroxylation is 2. The highest BCUT2D eigenvalue weighted by Crippen LogP contribution is 2.36. The average Bonchev–Trinajstić information content (AvgIpc) is 2.90. The summed E-state index contributed by atoms with van der Waals surface area (Å²) in [5.74, 6) is -0.378. The van der Waals surface area contributed by atoms with E-state index in [1.807, 2.05) is 32.0 Å². The fourth-order valence-corrected chi connectivity index (χ4v) is 4.33.